The third-order valence-corrected chi connectivity index (χ3v) is 2.92. The van der Waals surface area contributed by atoms with Crippen molar-refractivity contribution in [3.05, 3.63) is 52.5 Å². The van der Waals surface area contributed by atoms with E-state index in [4.69, 9.17) is 0 Å². The summed E-state index contributed by atoms with van der Waals surface area (Å²) in [5.74, 6) is -0.324. The van der Waals surface area contributed by atoms with Gasteiger partial charge in [-0.1, -0.05) is 12.1 Å². The van der Waals surface area contributed by atoms with Crippen molar-refractivity contribution < 1.29 is 34.6 Å². The van der Waals surface area contributed by atoms with Gasteiger partial charge in [-0.3, -0.25) is 4.98 Å². The zero-order chi connectivity index (χ0) is 12.1. The molecule has 0 unspecified atom stereocenters. The van der Waals surface area contributed by atoms with Gasteiger partial charge in [0.05, 0.1) is 11.4 Å². The second-order valence-corrected chi connectivity index (χ2v) is 4.23. The zero-order valence-corrected chi connectivity index (χ0v) is 12.7. The van der Waals surface area contributed by atoms with E-state index in [-0.39, 0.29) is 35.4 Å². The van der Waals surface area contributed by atoms with Gasteiger partial charge in [0.2, 0.25) is 0 Å². The van der Waals surface area contributed by atoms with Crippen LogP contribution in [0.25, 0.3) is 0 Å². The molecule has 0 amide bonds. The molecular formula is C12H10N3O3SV-5. The second kappa shape index (κ2) is 10.3. The quantitative estimate of drug-likeness (QED) is 0.481. The topological polar surface area (TPSA) is 118 Å². The zero-order valence-electron chi connectivity index (χ0n) is 10.5. The molecule has 2 aromatic heterocycles. The molecule has 0 atom stereocenters. The molecule has 2 aromatic rings. The van der Waals surface area contributed by atoms with Gasteiger partial charge in [-0.05, 0) is 30.5 Å². The van der Waals surface area contributed by atoms with Crippen LogP contribution in [0.4, 0.5) is 0 Å². The Labute approximate surface area is 132 Å². The van der Waals surface area contributed by atoms with Crippen LogP contribution in [0.15, 0.2) is 52.1 Å². The number of hydrogen-bond acceptors (Lipinski definition) is 5. The number of aromatic nitrogens is 1. The van der Waals surface area contributed by atoms with Crippen LogP contribution < -0.4 is 5.11 Å². The molecule has 0 N–H and O–H groups in total. The van der Waals surface area contributed by atoms with Crippen molar-refractivity contribution in [1.82, 2.24) is 4.98 Å². The summed E-state index contributed by atoms with van der Waals surface area (Å²) in [6.07, 6.45) is 1.68. The molecule has 0 aliphatic heterocycles. The van der Waals surface area contributed by atoms with Gasteiger partial charge in [-0.25, -0.2) is 0 Å². The minimum absolute atomic E-state index is 0. The number of hydrogen-bond donors (Lipinski definition) is 0. The standard InChI is InChI=1S/C12H11N3OS.2O.V/c1-9(10-5-2-3-7-13-10)14-15-12(16)11-6-4-8-17-11;;;/h2-8H,1H3,(H,15,16);;;/q;2*-2;/p-1/b14-9+;;;. The van der Waals surface area contributed by atoms with E-state index < -0.39 is 0 Å². The Morgan fingerprint density at radius 1 is 1.15 bits per heavy atom. The molecule has 107 valence electrons. The van der Waals surface area contributed by atoms with E-state index in [9.17, 15) is 5.11 Å². The minimum atomic E-state index is -0.324. The van der Waals surface area contributed by atoms with E-state index in [2.05, 4.69) is 15.2 Å². The molecule has 0 bridgehead atoms. The first kappa shape index (κ1) is 20.8. The minimum Gasteiger partial charge on any atom is -2.00 e. The fourth-order valence-electron chi connectivity index (χ4n) is 1.20. The van der Waals surface area contributed by atoms with Gasteiger partial charge < -0.3 is 16.1 Å². The molecule has 8 heteroatoms. The number of thiophene rings is 1. The summed E-state index contributed by atoms with van der Waals surface area (Å²) in [7, 11) is 0. The van der Waals surface area contributed by atoms with Crippen LogP contribution in [0, 0.1) is 0 Å². The Bertz CT molecular complexity index is 544. The smallest absolute Gasteiger partial charge is 0.0860 e. The summed E-state index contributed by atoms with van der Waals surface area (Å²) >= 11 is 1.35. The van der Waals surface area contributed by atoms with Crippen molar-refractivity contribution in [1.29, 1.82) is 0 Å². The van der Waals surface area contributed by atoms with E-state index in [0.717, 1.165) is 5.69 Å². The molecule has 0 fully saturated rings. The van der Waals surface area contributed by atoms with Gasteiger partial charge in [0, 0.05) is 35.5 Å². The second-order valence-electron chi connectivity index (χ2n) is 3.28. The first-order valence-corrected chi connectivity index (χ1v) is 5.90. The Balaban J connectivity index is 0. The summed E-state index contributed by atoms with van der Waals surface area (Å²) in [5, 5.41) is 20.9. The normalized spacial score (nSPS) is 10.8. The van der Waals surface area contributed by atoms with Gasteiger partial charge in [0.15, 0.2) is 0 Å². The van der Waals surface area contributed by atoms with E-state index >= 15 is 0 Å². The third-order valence-electron chi connectivity index (χ3n) is 2.06. The van der Waals surface area contributed by atoms with Crippen LogP contribution >= 0.6 is 11.3 Å². The molecule has 6 nitrogen and oxygen atoms in total. The van der Waals surface area contributed by atoms with Crippen LogP contribution in [0.3, 0.4) is 0 Å². The Morgan fingerprint density at radius 2 is 1.90 bits per heavy atom. The Morgan fingerprint density at radius 3 is 2.45 bits per heavy atom. The molecule has 2 heterocycles. The van der Waals surface area contributed by atoms with Gasteiger partial charge in [-0.15, -0.1) is 11.3 Å². The SMILES string of the molecule is C/C(=N\N=C(/[O-])c1cccs1)c1ccccn1.[O-2].[O-2].[V]. The molecule has 0 saturated heterocycles. The summed E-state index contributed by atoms with van der Waals surface area (Å²) in [5.41, 5.74) is 1.34. The molecule has 2 rings (SSSR count). The summed E-state index contributed by atoms with van der Waals surface area (Å²) in [6, 6.07) is 9.04. The average molecular weight is 327 g/mol. The van der Waals surface area contributed by atoms with Crippen molar-refractivity contribution in [3.8, 4) is 0 Å². The van der Waals surface area contributed by atoms with Crippen molar-refractivity contribution in [2.75, 3.05) is 0 Å². The molecule has 0 saturated carbocycles. The van der Waals surface area contributed by atoms with Crippen LogP contribution in [0.5, 0.6) is 0 Å². The Hall–Kier alpha value is -1.51. The molecule has 0 aromatic carbocycles. The monoisotopic (exact) mass is 327 g/mol. The molecule has 0 aliphatic rings. The number of rotatable bonds is 3. The van der Waals surface area contributed by atoms with Crippen molar-refractivity contribution in [3.63, 3.8) is 0 Å². The maximum Gasteiger partial charge on any atom is 0.0860 e. The van der Waals surface area contributed by atoms with E-state index in [1.54, 1.807) is 19.2 Å². The average Bonchev–Trinajstić information content (AvgIpc) is 2.90. The molecule has 1 radical (unpaired) electrons. The van der Waals surface area contributed by atoms with Gasteiger partial charge in [0.1, 0.15) is 0 Å². The summed E-state index contributed by atoms with van der Waals surface area (Å²) in [6.45, 7) is 1.77. The maximum atomic E-state index is 11.6. The van der Waals surface area contributed by atoms with Crippen LogP contribution in [-0.2, 0) is 29.5 Å². The number of pyridine rings is 1. The van der Waals surface area contributed by atoms with Crippen LogP contribution in [0.2, 0.25) is 0 Å². The summed E-state index contributed by atoms with van der Waals surface area (Å²) < 4.78 is 0. The molecule has 20 heavy (non-hydrogen) atoms. The molecular weight excluding hydrogens is 317 g/mol. The van der Waals surface area contributed by atoms with E-state index in [1.807, 2.05) is 29.6 Å². The fraction of sp³-hybridized carbons (Fsp3) is 0.0833. The van der Waals surface area contributed by atoms with Crippen LogP contribution in [-0.4, -0.2) is 16.6 Å². The summed E-state index contributed by atoms with van der Waals surface area (Å²) in [4.78, 5) is 4.71. The third kappa shape index (κ3) is 5.64. The fourth-order valence-corrected chi connectivity index (χ4v) is 1.80. The van der Waals surface area contributed by atoms with Gasteiger partial charge in [-0.2, -0.15) is 10.2 Å². The van der Waals surface area contributed by atoms with Crippen LogP contribution in [0.1, 0.15) is 17.5 Å². The molecule has 0 aliphatic carbocycles. The number of nitrogens with zero attached hydrogens (tertiary/aromatic N) is 3. The van der Waals surface area contributed by atoms with Gasteiger partial charge >= 0.3 is 0 Å². The Kier molecular flexibility index (Phi) is 10.7. The predicted octanol–water partition coefficient (Wildman–Crippen LogP) is 1.43. The van der Waals surface area contributed by atoms with Crippen molar-refractivity contribution in [2.24, 2.45) is 10.2 Å². The van der Waals surface area contributed by atoms with Crippen molar-refractivity contribution >= 4 is 22.9 Å². The predicted molar refractivity (Wildman–Crippen MR) is 68.7 cm³/mol. The first-order chi connectivity index (χ1) is 8.27. The van der Waals surface area contributed by atoms with E-state index in [1.165, 1.54) is 11.3 Å². The first-order valence-electron chi connectivity index (χ1n) is 5.02. The van der Waals surface area contributed by atoms with Crippen molar-refractivity contribution in [2.45, 2.75) is 6.92 Å². The maximum absolute atomic E-state index is 11.6. The van der Waals surface area contributed by atoms with Gasteiger partial charge in [0.25, 0.3) is 0 Å². The van der Waals surface area contributed by atoms with E-state index in [0.29, 0.717) is 10.6 Å². The molecule has 0 spiro atoms. The largest absolute Gasteiger partial charge is 2.00 e.